The monoisotopic (exact) mass is 384 g/mol. The van der Waals surface area contributed by atoms with Crippen molar-refractivity contribution in [2.24, 2.45) is 16.9 Å². The van der Waals surface area contributed by atoms with Crippen LogP contribution >= 0.6 is 0 Å². The van der Waals surface area contributed by atoms with Crippen molar-refractivity contribution in [3.05, 3.63) is 29.8 Å². The average molecular weight is 384 g/mol. The van der Waals surface area contributed by atoms with Crippen molar-refractivity contribution in [1.82, 2.24) is 0 Å². The number of carboxylic acids is 1. The van der Waals surface area contributed by atoms with Crippen molar-refractivity contribution < 1.29 is 28.2 Å². The highest BCUT2D eigenvalue weighted by molar-refractivity contribution is 7.90. The second-order valence-electron chi connectivity index (χ2n) is 6.87. The van der Waals surface area contributed by atoms with E-state index in [2.05, 4.69) is 0 Å². The van der Waals surface area contributed by atoms with Crippen LogP contribution in [-0.2, 0) is 25.8 Å². The molecule has 1 aromatic rings. The molecule has 9 heteroatoms. The maximum absolute atomic E-state index is 12.7. The summed E-state index contributed by atoms with van der Waals surface area (Å²) in [5.41, 5.74) is 10.6. The minimum absolute atomic E-state index is 0.0785. The fourth-order valence-corrected chi connectivity index (χ4v) is 4.05. The number of aliphatic carboxylic acids is 1. The quantitative estimate of drug-likeness (QED) is 0.456. The molecule has 8 nitrogen and oxygen atoms in total. The fraction of sp³-hybridized carbons (Fsp3) is 0.529. The van der Waals surface area contributed by atoms with Gasteiger partial charge in [0.15, 0.2) is 15.6 Å². The molecule has 1 aliphatic rings. The van der Waals surface area contributed by atoms with Gasteiger partial charge in [0.25, 0.3) is 0 Å². The molecule has 0 aliphatic heterocycles. The minimum atomic E-state index is -3.33. The van der Waals surface area contributed by atoms with Crippen molar-refractivity contribution in [3.63, 3.8) is 0 Å². The van der Waals surface area contributed by atoms with Crippen LogP contribution in [0.2, 0.25) is 0 Å². The maximum Gasteiger partial charge on any atom is 0.318 e. The van der Waals surface area contributed by atoms with Gasteiger partial charge in [0.2, 0.25) is 0 Å². The van der Waals surface area contributed by atoms with Gasteiger partial charge in [0.1, 0.15) is 11.5 Å². The molecule has 144 valence electrons. The summed E-state index contributed by atoms with van der Waals surface area (Å²) in [6.07, 6.45) is 0.467. The summed E-state index contributed by atoms with van der Waals surface area (Å²) in [6.45, 7) is 0. The fourth-order valence-electron chi connectivity index (χ4n) is 3.42. The van der Waals surface area contributed by atoms with Crippen molar-refractivity contribution in [2.75, 3.05) is 6.26 Å². The molecule has 2 rings (SSSR count). The zero-order valence-corrected chi connectivity index (χ0v) is 15.3. The summed E-state index contributed by atoms with van der Waals surface area (Å²) >= 11 is 0. The molecule has 1 aromatic carbocycles. The second kappa shape index (κ2) is 7.43. The third kappa shape index (κ3) is 3.80. The lowest BCUT2D eigenvalue weighted by atomic mass is 9.75. The Morgan fingerprint density at radius 2 is 1.88 bits per heavy atom. The van der Waals surface area contributed by atoms with Gasteiger partial charge in [-0.3, -0.25) is 9.59 Å². The zero-order chi connectivity index (χ0) is 19.7. The van der Waals surface area contributed by atoms with Crippen molar-refractivity contribution in [2.45, 2.75) is 48.8 Å². The Balaban J connectivity index is 2.15. The van der Waals surface area contributed by atoms with Crippen molar-refractivity contribution in [3.8, 4) is 0 Å². The Bertz CT molecular complexity index is 792. The van der Waals surface area contributed by atoms with Gasteiger partial charge in [0, 0.05) is 18.3 Å². The maximum atomic E-state index is 12.7. The second-order valence-corrected chi connectivity index (χ2v) is 8.88. The van der Waals surface area contributed by atoms with Crippen LogP contribution in [0.5, 0.6) is 0 Å². The number of nitrogens with two attached hydrogens (primary N) is 2. The van der Waals surface area contributed by atoms with Crippen LogP contribution < -0.4 is 11.5 Å². The van der Waals surface area contributed by atoms with Gasteiger partial charge in [-0.25, -0.2) is 8.42 Å². The first kappa shape index (κ1) is 20.5. The lowest BCUT2D eigenvalue weighted by molar-refractivity contribution is -0.159. The van der Waals surface area contributed by atoms with E-state index in [-0.39, 0.29) is 17.7 Å². The molecule has 0 spiro atoms. The molecule has 6 N–H and O–H groups in total. The molecule has 4 atom stereocenters. The first-order valence-electron chi connectivity index (χ1n) is 8.26. The van der Waals surface area contributed by atoms with Crippen molar-refractivity contribution in [1.29, 1.82) is 0 Å². The first-order chi connectivity index (χ1) is 12.0. The molecule has 1 aliphatic carbocycles. The third-order valence-electron chi connectivity index (χ3n) is 5.04. The van der Waals surface area contributed by atoms with E-state index in [9.17, 15) is 28.2 Å². The summed E-state index contributed by atoms with van der Waals surface area (Å²) < 4.78 is 22.9. The standard InChI is InChI=1S/C17H24N2O6S/c1-26(24,25)11-6-4-10(5-7-11)9-12(18)14(20)15(21)17(16(22)23)8-2-3-13(17)19/h4-7,12-14,20H,2-3,8-9,18-19H2,1H3,(H,22,23)/t12-,13?,14+,17?/m1/s1. The van der Waals surface area contributed by atoms with Crippen LogP contribution in [0.3, 0.4) is 0 Å². The van der Waals surface area contributed by atoms with E-state index in [1.807, 2.05) is 0 Å². The molecule has 0 saturated heterocycles. The predicted octanol–water partition coefficient (Wildman–Crippen LogP) is -0.528. The minimum Gasteiger partial charge on any atom is -0.480 e. The van der Waals surface area contributed by atoms with Crippen LogP contribution in [0, 0.1) is 5.41 Å². The van der Waals surface area contributed by atoms with Crippen LogP contribution in [0.25, 0.3) is 0 Å². The number of aliphatic hydroxyl groups is 1. The highest BCUT2D eigenvalue weighted by Crippen LogP contribution is 2.39. The van der Waals surface area contributed by atoms with E-state index in [0.717, 1.165) is 6.26 Å². The first-order valence-corrected chi connectivity index (χ1v) is 10.1. The molecule has 0 heterocycles. The number of hydrogen-bond donors (Lipinski definition) is 4. The molecule has 0 aromatic heterocycles. The molecule has 26 heavy (non-hydrogen) atoms. The number of sulfone groups is 1. The van der Waals surface area contributed by atoms with Gasteiger partial charge in [0.05, 0.1) is 4.90 Å². The van der Waals surface area contributed by atoms with E-state index in [1.165, 1.54) is 12.1 Å². The molecule has 0 amide bonds. The van der Waals surface area contributed by atoms with Gasteiger partial charge in [-0.15, -0.1) is 0 Å². The largest absolute Gasteiger partial charge is 0.480 e. The van der Waals surface area contributed by atoms with Crippen molar-refractivity contribution >= 4 is 21.6 Å². The van der Waals surface area contributed by atoms with Gasteiger partial charge >= 0.3 is 5.97 Å². The number of aliphatic hydroxyl groups excluding tert-OH is 1. The highest BCUT2D eigenvalue weighted by Gasteiger charge is 2.55. The molecule has 1 fully saturated rings. The zero-order valence-electron chi connectivity index (χ0n) is 14.5. The lowest BCUT2D eigenvalue weighted by Gasteiger charge is -2.31. The van der Waals surface area contributed by atoms with E-state index in [0.29, 0.717) is 18.4 Å². The normalized spacial score (nSPS) is 25.6. The van der Waals surface area contributed by atoms with E-state index in [1.54, 1.807) is 12.1 Å². The van der Waals surface area contributed by atoms with Crippen LogP contribution in [0.15, 0.2) is 29.2 Å². The van der Waals surface area contributed by atoms with Crippen LogP contribution in [-0.4, -0.2) is 54.8 Å². The topological polar surface area (TPSA) is 161 Å². The smallest absolute Gasteiger partial charge is 0.318 e. The predicted molar refractivity (Wildman–Crippen MR) is 94.1 cm³/mol. The van der Waals surface area contributed by atoms with Gasteiger partial charge in [-0.2, -0.15) is 0 Å². The lowest BCUT2D eigenvalue weighted by Crippen LogP contribution is -2.57. The summed E-state index contributed by atoms with van der Waals surface area (Å²) in [7, 11) is -3.33. The Labute approximate surface area is 152 Å². The summed E-state index contributed by atoms with van der Waals surface area (Å²) in [5, 5.41) is 19.9. The molecule has 2 unspecified atom stereocenters. The number of benzene rings is 1. The Kier molecular flexibility index (Phi) is 5.86. The Hall–Kier alpha value is -1.81. The molecule has 0 bridgehead atoms. The van der Waals surface area contributed by atoms with E-state index >= 15 is 0 Å². The van der Waals surface area contributed by atoms with Crippen LogP contribution in [0.1, 0.15) is 24.8 Å². The number of carbonyl (C=O) groups excluding carboxylic acids is 1. The number of hydrogen-bond acceptors (Lipinski definition) is 7. The number of carbonyl (C=O) groups is 2. The average Bonchev–Trinajstić information content (AvgIpc) is 2.95. The summed E-state index contributed by atoms with van der Waals surface area (Å²) in [6, 6.07) is 4.02. The Morgan fingerprint density at radius 3 is 2.31 bits per heavy atom. The molecule has 1 saturated carbocycles. The highest BCUT2D eigenvalue weighted by atomic mass is 32.2. The molecular weight excluding hydrogens is 360 g/mol. The summed E-state index contributed by atoms with van der Waals surface area (Å²) in [5.74, 6) is -2.20. The summed E-state index contributed by atoms with van der Waals surface area (Å²) in [4.78, 5) is 24.5. The molecular formula is C17H24N2O6S. The van der Waals surface area contributed by atoms with E-state index < -0.39 is 45.2 Å². The number of rotatable bonds is 7. The molecule has 0 radical (unpaired) electrons. The third-order valence-corrected chi connectivity index (χ3v) is 6.17. The number of carboxylic acid groups (broad SMARTS) is 1. The SMILES string of the molecule is CS(=O)(=O)c1ccc(C[C@@H](N)[C@H](O)C(=O)C2(C(=O)O)CCCC2N)cc1. The van der Waals surface area contributed by atoms with Gasteiger partial charge in [-0.1, -0.05) is 18.6 Å². The Morgan fingerprint density at radius 1 is 1.31 bits per heavy atom. The van der Waals surface area contributed by atoms with E-state index in [4.69, 9.17) is 11.5 Å². The van der Waals surface area contributed by atoms with Gasteiger partial charge < -0.3 is 21.7 Å². The van der Waals surface area contributed by atoms with Crippen LogP contribution in [0.4, 0.5) is 0 Å². The van der Waals surface area contributed by atoms with Gasteiger partial charge in [-0.05, 0) is 37.0 Å². The number of Topliss-reactive ketones (excluding diaryl/α,β-unsaturated/α-hetero) is 1. The number of ketones is 1.